The van der Waals surface area contributed by atoms with Crippen molar-refractivity contribution in [1.82, 2.24) is 20.2 Å². The maximum atomic E-state index is 12.1. The van der Waals surface area contributed by atoms with E-state index in [9.17, 15) is 4.79 Å². The van der Waals surface area contributed by atoms with E-state index in [1.807, 2.05) is 12.1 Å². The topological polar surface area (TPSA) is 81.9 Å². The molecule has 0 radical (unpaired) electrons. The van der Waals surface area contributed by atoms with Gasteiger partial charge < -0.3 is 5.32 Å². The average molecular weight is 356 g/mol. The van der Waals surface area contributed by atoms with Crippen molar-refractivity contribution in [3.05, 3.63) is 58.6 Å². The van der Waals surface area contributed by atoms with Gasteiger partial charge >= 0.3 is 0 Å². The van der Waals surface area contributed by atoms with Crippen LogP contribution < -0.4 is 5.32 Å². The molecule has 2 aromatic rings. The smallest absolute Gasteiger partial charge is 0.289 e. The van der Waals surface area contributed by atoms with Crippen LogP contribution in [0.1, 0.15) is 34.6 Å². The lowest BCUT2D eigenvalue weighted by atomic mass is 10.0. The van der Waals surface area contributed by atoms with Gasteiger partial charge in [0.2, 0.25) is 5.82 Å². The molecule has 3 rings (SSSR count). The van der Waals surface area contributed by atoms with E-state index in [4.69, 9.17) is 16.9 Å². The Hall–Kier alpha value is -2.49. The zero-order valence-electron chi connectivity index (χ0n) is 13.7. The second kappa shape index (κ2) is 8.06. The van der Waals surface area contributed by atoms with E-state index in [2.05, 4.69) is 26.3 Å². The minimum atomic E-state index is -0.224. The van der Waals surface area contributed by atoms with Crippen molar-refractivity contribution in [1.29, 1.82) is 5.26 Å². The van der Waals surface area contributed by atoms with E-state index in [0.29, 0.717) is 10.6 Å². The zero-order valence-corrected chi connectivity index (χ0v) is 14.4. The molecule has 6 nitrogen and oxygen atoms in total. The summed E-state index contributed by atoms with van der Waals surface area (Å²) in [4.78, 5) is 22.3. The number of hydrogen-bond acceptors (Lipinski definition) is 5. The van der Waals surface area contributed by atoms with Crippen LogP contribution in [-0.4, -0.2) is 39.9 Å². The highest BCUT2D eigenvalue weighted by Crippen LogP contribution is 2.20. The van der Waals surface area contributed by atoms with Gasteiger partial charge in [-0.05, 0) is 36.6 Å². The Morgan fingerprint density at radius 2 is 2.04 bits per heavy atom. The summed E-state index contributed by atoms with van der Waals surface area (Å²) in [6.45, 7) is 2.56. The van der Waals surface area contributed by atoms with E-state index in [1.54, 1.807) is 24.5 Å². The van der Waals surface area contributed by atoms with Crippen LogP contribution in [0.4, 0.5) is 0 Å². The summed E-state index contributed by atoms with van der Waals surface area (Å²) in [7, 11) is 0. The van der Waals surface area contributed by atoms with Gasteiger partial charge in [0.15, 0.2) is 0 Å². The van der Waals surface area contributed by atoms with Crippen molar-refractivity contribution in [2.24, 2.45) is 0 Å². The molecule has 0 spiro atoms. The van der Waals surface area contributed by atoms with Crippen LogP contribution in [-0.2, 0) is 6.54 Å². The number of nitrogens with zero attached hydrogens (tertiary/aromatic N) is 4. The molecule has 25 heavy (non-hydrogen) atoms. The monoisotopic (exact) mass is 355 g/mol. The Kier molecular flexibility index (Phi) is 5.59. The molecule has 0 atom stereocenters. The standard InChI is InChI=1S/C18H18ClN5O/c19-16-10-13(2-3-14(16)11-20)12-24-8-4-15(5-9-24)23-18(25)17-21-6-1-7-22-17/h1-3,6-7,10,15H,4-5,8-9,12H2,(H,23,25). The number of nitriles is 1. The summed E-state index contributed by atoms with van der Waals surface area (Å²) in [5.41, 5.74) is 1.58. The van der Waals surface area contributed by atoms with Crippen LogP contribution in [0, 0.1) is 11.3 Å². The number of benzene rings is 1. The highest BCUT2D eigenvalue weighted by atomic mass is 35.5. The number of carbonyl (C=O) groups is 1. The molecule has 1 fully saturated rings. The van der Waals surface area contributed by atoms with Crippen LogP contribution >= 0.6 is 11.6 Å². The van der Waals surface area contributed by atoms with Crippen molar-refractivity contribution >= 4 is 17.5 Å². The Morgan fingerprint density at radius 1 is 1.32 bits per heavy atom. The number of aromatic nitrogens is 2. The van der Waals surface area contributed by atoms with Gasteiger partial charge in [-0.25, -0.2) is 9.97 Å². The highest BCUT2D eigenvalue weighted by Gasteiger charge is 2.22. The molecule has 1 aromatic carbocycles. The van der Waals surface area contributed by atoms with E-state index < -0.39 is 0 Å². The van der Waals surface area contributed by atoms with Gasteiger partial charge in [0.1, 0.15) is 6.07 Å². The third kappa shape index (κ3) is 4.53. The minimum absolute atomic E-state index is 0.136. The van der Waals surface area contributed by atoms with Crippen molar-refractivity contribution in [2.75, 3.05) is 13.1 Å². The number of amides is 1. The van der Waals surface area contributed by atoms with Crippen molar-refractivity contribution in [3.63, 3.8) is 0 Å². The number of likely N-dealkylation sites (tertiary alicyclic amines) is 1. The van der Waals surface area contributed by atoms with Crippen molar-refractivity contribution in [2.45, 2.75) is 25.4 Å². The largest absolute Gasteiger partial charge is 0.346 e. The average Bonchev–Trinajstić information content (AvgIpc) is 2.64. The number of rotatable bonds is 4. The second-order valence-corrected chi connectivity index (χ2v) is 6.43. The van der Waals surface area contributed by atoms with E-state index in [1.165, 1.54) is 0 Å². The van der Waals surface area contributed by atoms with Crippen LogP contribution in [0.2, 0.25) is 5.02 Å². The molecule has 0 unspecified atom stereocenters. The molecule has 1 saturated heterocycles. The first-order valence-electron chi connectivity index (χ1n) is 8.14. The Labute approximate surface area is 151 Å². The Morgan fingerprint density at radius 3 is 2.68 bits per heavy atom. The third-order valence-electron chi connectivity index (χ3n) is 4.25. The van der Waals surface area contributed by atoms with Gasteiger partial charge in [-0.2, -0.15) is 5.26 Å². The molecule has 1 N–H and O–H groups in total. The van der Waals surface area contributed by atoms with Gasteiger partial charge in [0.25, 0.3) is 5.91 Å². The molecule has 0 saturated carbocycles. The van der Waals surface area contributed by atoms with Crippen LogP contribution in [0.3, 0.4) is 0 Å². The predicted molar refractivity (Wildman–Crippen MR) is 94.0 cm³/mol. The molecule has 1 aliphatic rings. The summed E-state index contributed by atoms with van der Waals surface area (Å²) in [5.74, 6) is -0.0184. The molecule has 2 heterocycles. The quantitative estimate of drug-likeness (QED) is 0.910. The third-order valence-corrected chi connectivity index (χ3v) is 4.56. The molecule has 1 amide bonds. The number of nitrogens with one attached hydrogen (secondary N) is 1. The van der Waals surface area contributed by atoms with Crippen molar-refractivity contribution < 1.29 is 4.79 Å². The van der Waals surface area contributed by atoms with E-state index in [0.717, 1.165) is 38.0 Å². The summed E-state index contributed by atoms with van der Waals surface area (Å²) in [5, 5.41) is 12.4. The molecule has 0 aliphatic carbocycles. The molecule has 1 aromatic heterocycles. The summed E-state index contributed by atoms with van der Waals surface area (Å²) < 4.78 is 0. The maximum absolute atomic E-state index is 12.1. The predicted octanol–water partition coefficient (Wildman–Crippen LogP) is 2.40. The second-order valence-electron chi connectivity index (χ2n) is 6.02. The Bertz CT molecular complexity index is 782. The van der Waals surface area contributed by atoms with Gasteiger partial charge in [0, 0.05) is 38.1 Å². The number of carbonyl (C=O) groups excluding carboxylic acids is 1. The fourth-order valence-electron chi connectivity index (χ4n) is 2.91. The van der Waals surface area contributed by atoms with Crippen LogP contribution in [0.15, 0.2) is 36.7 Å². The van der Waals surface area contributed by atoms with Crippen LogP contribution in [0.25, 0.3) is 0 Å². The first-order valence-corrected chi connectivity index (χ1v) is 8.52. The lowest BCUT2D eigenvalue weighted by Gasteiger charge is -2.32. The Balaban J connectivity index is 1.50. The fourth-order valence-corrected chi connectivity index (χ4v) is 3.15. The van der Waals surface area contributed by atoms with Gasteiger partial charge in [-0.15, -0.1) is 0 Å². The molecule has 7 heteroatoms. The van der Waals surface area contributed by atoms with Gasteiger partial charge in [-0.3, -0.25) is 9.69 Å². The minimum Gasteiger partial charge on any atom is -0.346 e. The lowest BCUT2D eigenvalue weighted by molar-refractivity contribution is 0.0898. The number of halogens is 1. The van der Waals surface area contributed by atoms with Gasteiger partial charge in [0.05, 0.1) is 10.6 Å². The first-order chi connectivity index (χ1) is 12.2. The lowest BCUT2D eigenvalue weighted by Crippen LogP contribution is -2.44. The molecular weight excluding hydrogens is 338 g/mol. The summed E-state index contributed by atoms with van der Waals surface area (Å²) in [6, 6.07) is 9.43. The number of piperidine rings is 1. The fraction of sp³-hybridized carbons (Fsp3) is 0.333. The molecule has 1 aliphatic heterocycles. The SMILES string of the molecule is N#Cc1ccc(CN2CCC(NC(=O)c3ncccn3)CC2)cc1Cl. The normalized spacial score (nSPS) is 15.5. The summed E-state index contributed by atoms with van der Waals surface area (Å²) >= 11 is 6.09. The first kappa shape index (κ1) is 17.3. The molecule has 0 bridgehead atoms. The molecular formula is C18H18ClN5O. The maximum Gasteiger partial charge on any atom is 0.289 e. The van der Waals surface area contributed by atoms with E-state index in [-0.39, 0.29) is 17.8 Å². The zero-order chi connectivity index (χ0) is 17.6. The van der Waals surface area contributed by atoms with Crippen molar-refractivity contribution in [3.8, 4) is 6.07 Å². The summed E-state index contributed by atoms with van der Waals surface area (Å²) in [6.07, 6.45) is 4.88. The van der Waals surface area contributed by atoms with Gasteiger partial charge in [-0.1, -0.05) is 17.7 Å². The van der Waals surface area contributed by atoms with E-state index >= 15 is 0 Å². The number of hydrogen-bond donors (Lipinski definition) is 1. The van der Waals surface area contributed by atoms with Crippen LogP contribution in [0.5, 0.6) is 0 Å². The highest BCUT2D eigenvalue weighted by molar-refractivity contribution is 6.31. The molecule has 128 valence electrons.